The molecule has 6 rings (SSSR count). The predicted octanol–water partition coefficient (Wildman–Crippen LogP) is 6.55. The normalized spacial score (nSPS) is 13.5. The number of aromatic nitrogens is 3. The maximum atomic E-state index is 15.1. The van der Waals surface area contributed by atoms with Gasteiger partial charge in [-0.15, -0.1) is 13.2 Å². The first-order valence-corrected chi connectivity index (χ1v) is 16.1. The van der Waals surface area contributed by atoms with Crippen LogP contribution in [0.15, 0.2) is 70.1 Å². The topological polar surface area (TPSA) is 137 Å². The summed E-state index contributed by atoms with van der Waals surface area (Å²) in [4.78, 5) is 15.5. The fourth-order valence-corrected chi connectivity index (χ4v) is 6.27. The van der Waals surface area contributed by atoms with Crippen LogP contribution in [-0.4, -0.2) is 47.3 Å². The number of anilines is 1. The molecule has 0 aliphatic heterocycles. The molecule has 0 unspecified atom stereocenters. The van der Waals surface area contributed by atoms with Crippen LogP contribution in [0.5, 0.6) is 5.75 Å². The first kappa shape index (κ1) is 31.9. The average molecular weight is 671 g/mol. The highest BCUT2D eigenvalue weighted by Gasteiger charge is 2.32. The average Bonchev–Trinajstić information content (AvgIpc) is 3.65. The number of benzene rings is 3. The summed E-state index contributed by atoms with van der Waals surface area (Å²) >= 11 is 0. The van der Waals surface area contributed by atoms with E-state index in [1.165, 1.54) is 22.9 Å². The molecule has 1 aliphatic rings. The Morgan fingerprint density at radius 3 is 2.40 bits per heavy atom. The zero-order chi connectivity index (χ0) is 33.7. The zero-order valence-corrected chi connectivity index (χ0v) is 25.6. The molecule has 15 heteroatoms. The molecule has 10 nitrogen and oxygen atoms in total. The van der Waals surface area contributed by atoms with Crippen LogP contribution in [-0.2, 0) is 21.2 Å². The number of rotatable bonds is 10. The smallest absolute Gasteiger partial charge is 0.440 e. The van der Waals surface area contributed by atoms with Crippen molar-refractivity contribution in [2.24, 2.45) is 0 Å². The highest BCUT2D eigenvalue weighted by Crippen LogP contribution is 2.44. The first-order chi connectivity index (χ1) is 22.3. The number of carbonyl (C=O) groups is 1. The number of halogens is 4. The van der Waals surface area contributed by atoms with E-state index in [1.807, 2.05) is 0 Å². The fourth-order valence-electron chi connectivity index (χ4n) is 5.32. The number of nitrogens with zero attached hydrogens (tertiary/aromatic N) is 3. The summed E-state index contributed by atoms with van der Waals surface area (Å²) in [6, 6.07) is 12.3. The molecule has 2 heterocycles. The van der Waals surface area contributed by atoms with Gasteiger partial charge in [0.05, 0.1) is 34.8 Å². The Bertz CT molecular complexity index is 2100. The van der Waals surface area contributed by atoms with Gasteiger partial charge in [-0.25, -0.2) is 22.5 Å². The number of alkyl halides is 3. The van der Waals surface area contributed by atoms with Crippen LogP contribution in [0.1, 0.15) is 35.9 Å². The van der Waals surface area contributed by atoms with Crippen molar-refractivity contribution < 1.29 is 45.0 Å². The van der Waals surface area contributed by atoms with Crippen molar-refractivity contribution in [3.05, 3.63) is 83.8 Å². The summed E-state index contributed by atoms with van der Waals surface area (Å²) < 4.78 is 90.1. The summed E-state index contributed by atoms with van der Waals surface area (Å²) in [5.41, 5.74) is 2.84. The van der Waals surface area contributed by atoms with Crippen molar-refractivity contribution in [3.63, 3.8) is 0 Å². The summed E-state index contributed by atoms with van der Waals surface area (Å²) in [7, 11) is -3.93. The van der Waals surface area contributed by atoms with Gasteiger partial charge < -0.3 is 19.6 Å². The van der Waals surface area contributed by atoms with E-state index in [2.05, 4.69) is 15.0 Å². The minimum absolute atomic E-state index is 0.157. The molecule has 1 saturated carbocycles. The minimum Gasteiger partial charge on any atom is -0.440 e. The van der Waals surface area contributed by atoms with Gasteiger partial charge in [0.15, 0.2) is 21.5 Å². The Kier molecular flexibility index (Phi) is 8.13. The molecule has 1 amide bonds. The van der Waals surface area contributed by atoms with Crippen molar-refractivity contribution in [2.45, 2.75) is 43.5 Å². The van der Waals surface area contributed by atoms with Crippen LogP contribution >= 0.6 is 0 Å². The number of aliphatic hydroxyl groups is 1. The maximum absolute atomic E-state index is 15.1. The van der Waals surface area contributed by atoms with Crippen LogP contribution in [0.2, 0.25) is 0 Å². The van der Waals surface area contributed by atoms with E-state index in [9.17, 15) is 31.5 Å². The Morgan fingerprint density at radius 2 is 1.79 bits per heavy atom. The van der Waals surface area contributed by atoms with Gasteiger partial charge in [-0.05, 0) is 72.5 Å². The standard InChI is InChI=1S/C32H26F4N4O6S/c1-17-38-30(19-5-8-22(9-6-19)46-32(34,35)36)31(45-17)23-11-20(21-12-25(33)24(15-41)28(13-21)47(2,43)44)7-10-27(23)40-14-26(37-16-42)29(39-40)18-3-4-18/h5-14,16,18,41H,3-4,15H2,1-2H3,(H,37,42). The third-order valence-corrected chi connectivity index (χ3v) is 8.71. The summed E-state index contributed by atoms with van der Waals surface area (Å²) in [5.74, 6) is -0.779. The SMILES string of the molecule is Cc1nc(-c2ccc(OC(F)(F)F)cc2)c(-c2cc(-c3cc(F)c(CO)c(S(C)(=O)=O)c3)ccc2-n2cc(NC=O)c(C3CC3)n2)o1. The number of aliphatic hydroxyl groups excluding tert-OH is 1. The lowest BCUT2D eigenvalue weighted by molar-refractivity contribution is -0.274. The third-order valence-electron chi connectivity index (χ3n) is 7.55. The number of amides is 1. The van der Waals surface area contributed by atoms with Gasteiger partial charge in [0.25, 0.3) is 0 Å². The Balaban J connectivity index is 1.55. The maximum Gasteiger partial charge on any atom is 0.573 e. The lowest BCUT2D eigenvalue weighted by Gasteiger charge is -2.14. The number of hydrogen-bond acceptors (Lipinski definition) is 8. The zero-order valence-electron chi connectivity index (χ0n) is 24.8. The summed E-state index contributed by atoms with van der Waals surface area (Å²) in [5, 5.41) is 17.1. The van der Waals surface area contributed by atoms with Gasteiger partial charge >= 0.3 is 6.36 Å². The minimum atomic E-state index is -4.88. The lowest BCUT2D eigenvalue weighted by atomic mass is 9.97. The van der Waals surface area contributed by atoms with Gasteiger partial charge in [0.1, 0.15) is 17.3 Å². The molecule has 0 bridgehead atoms. The van der Waals surface area contributed by atoms with Crippen molar-refractivity contribution in [2.75, 3.05) is 11.6 Å². The number of carbonyl (C=O) groups excluding carboxylic acids is 1. The van der Waals surface area contributed by atoms with Crippen molar-refractivity contribution in [3.8, 4) is 45.1 Å². The predicted molar refractivity (Wildman–Crippen MR) is 162 cm³/mol. The monoisotopic (exact) mass is 670 g/mol. The molecule has 47 heavy (non-hydrogen) atoms. The fraction of sp³-hybridized carbons (Fsp3) is 0.219. The second-order valence-corrected chi connectivity index (χ2v) is 13.0. The number of nitrogens with one attached hydrogen (secondary N) is 1. The van der Waals surface area contributed by atoms with E-state index in [0.717, 1.165) is 37.3 Å². The third kappa shape index (κ3) is 6.62. The van der Waals surface area contributed by atoms with Crippen LogP contribution in [0.3, 0.4) is 0 Å². The van der Waals surface area contributed by atoms with Gasteiger partial charge in [0.2, 0.25) is 6.41 Å². The molecule has 0 saturated heterocycles. The van der Waals surface area contributed by atoms with E-state index in [4.69, 9.17) is 9.52 Å². The second-order valence-electron chi connectivity index (χ2n) is 11.0. The van der Waals surface area contributed by atoms with Crippen molar-refractivity contribution >= 4 is 21.9 Å². The van der Waals surface area contributed by atoms with Crippen LogP contribution in [0, 0.1) is 12.7 Å². The molecule has 2 N–H and O–H groups in total. The van der Waals surface area contributed by atoms with Gasteiger partial charge in [-0.2, -0.15) is 5.10 Å². The number of hydrogen-bond donors (Lipinski definition) is 2. The molecule has 0 radical (unpaired) electrons. The van der Waals surface area contributed by atoms with E-state index in [1.54, 1.807) is 31.3 Å². The van der Waals surface area contributed by atoms with Crippen LogP contribution < -0.4 is 10.1 Å². The highest BCUT2D eigenvalue weighted by molar-refractivity contribution is 7.90. The number of oxazole rings is 1. The number of sulfone groups is 1. The van der Waals surface area contributed by atoms with E-state index < -0.39 is 34.4 Å². The number of aryl methyl sites for hydroxylation is 1. The van der Waals surface area contributed by atoms with Crippen LogP contribution in [0.4, 0.5) is 23.2 Å². The second kappa shape index (κ2) is 12.0. The summed E-state index contributed by atoms with van der Waals surface area (Å²) in [6.45, 7) is 0.760. The Hall–Kier alpha value is -5.02. The van der Waals surface area contributed by atoms with Crippen LogP contribution in [0.25, 0.3) is 39.4 Å². The summed E-state index contributed by atoms with van der Waals surface area (Å²) in [6.07, 6.45) is 0.00418. The largest absolute Gasteiger partial charge is 0.573 e. The molecular weight excluding hydrogens is 644 g/mol. The quantitative estimate of drug-likeness (QED) is 0.126. The van der Waals surface area contributed by atoms with E-state index >= 15 is 4.39 Å². The molecule has 0 atom stereocenters. The highest BCUT2D eigenvalue weighted by atomic mass is 32.2. The van der Waals surface area contributed by atoms with Gasteiger partial charge in [-0.1, -0.05) is 6.07 Å². The Morgan fingerprint density at radius 1 is 1.09 bits per heavy atom. The molecular formula is C32H26F4N4O6S. The van der Waals surface area contributed by atoms with Crippen molar-refractivity contribution in [1.82, 2.24) is 14.8 Å². The molecule has 1 fully saturated rings. The lowest BCUT2D eigenvalue weighted by Crippen LogP contribution is -2.16. The molecule has 3 aromatic carbocycles. The van der Waals surface area contributed by atoms with E-state index in [0.29, 0.717) is 40.2 Å². The van der Waals surface area contributed by atoms with E-state index in [-0.39, 0.29) is 39.3 Å². The molecule has 5 aromatic rings. The number of ether oxygens (including phenoxy) is 1. The van der Waals surface area contributed by atoms with Gasteiger partial charge in [0, 0.05) is 35.8 Å². The molecule has 1 aliphatic carbocycles. The molecule has 2 aromatic heterocycles. The Labute approximate surface area is 265 Å². The molecule has 244 valence electrons. The first-order valence-electron chi connectivity index (χ1n) is 14.2. The van der Waals surface area contributed by atoms with Crippen molar-refractivity contribution in [1.29, 1.82) is 0 Å². The molecule has 0 spiro atoms. The van der Waals surface area contributed by atoms with Gasteiger partial charge in [-0.3, -0.25) is 4.79 Å².